The highest BCUT2D eigenvalue weighted by Gasteiger charge is 2.34. The van der Waals surface area contributed by atoms with Gasteiger partial charge in [0.25, 0.3) is 5.91 Å². The summed E-state index contributed by atoms with van der Waals surface area (Å²) in [5, 5.41) is 5.39. The van der Waals surface area contributed by atoms with Crippen molar-refractivity contribution in [1.29, 1.82) is 0 Å². The first kappa shape index (κ1) is 22.3. The number of halogens is 1. The van der Waals surface area contributed by atoms with Crippen LogP contribution in [-0.4, -0.2) is 58.8 Å². The molecule has 0 radical (unpaired) electrons. The number of carbonyl (C=O) groups excluding carboxylic acids is 3. The number of nitrogens with zero attached hydrogens (tertiary/aromatic N) is 1. The average Bonchev–Trinajstić information content (AvgIpc) is 2.82. The summed E-state index contributed by atoms with van der Waals surface area (Å²) in [5.41, 5.74) is 1.17. The van der Waals surface area contributed by atoms with Gasteiger partial charge in [-0.1, -0.05) is 36.4 Å². The van der Waals surface area contributed by atoms with Crippen LogP contribution >= 0.6 is 11.8 Å². The molecule has 0 saturated carbocycles. The number of carbonyl (C=O) groups is 3. The molecule has 0 bridgehead atoms. The van der Waals surface area contributed by atoms with Gasteiger partial charge in [0, 0.05) is 30.4 Å². The van der Waals surface area contributed by atoms with Gasteiger partial charge in [0.2, 0.25) is 11.8 Å². The molecule has 8 heteroatoms. The molecular formula is C24H26FN3O3S. The summed E-state index contributed by atoms with van der Waals surface area (Å²) in [5.74, 6) is -0.316. The first-order chi connectivity index (χ1) is 15.5. The number of likely N-dealkylation sites (tertiary alicyclic amines) is 1. The fraction of sp³-hybridized carbons (Fsp3) is 0.375. The van der Waals surface area contributed by atoms with E-state index in [1.54, 1.807) is 30.3 Å². The summed E-state index contributed by atoms with van der Waals surface area (Å²) >= 11 is 1.38. The molecule has 2 aromatic rings. The average molecular weight is 456 g/mol. The van der Waals surface area contributed by atoms with Crippen molar-refractivity contribution in [3.63, 3.8) is 0 Å². The highest BCUT2D eigenvalue weighted by Crippen LogP contribution is 2.23. The quantitative estimate of drug-likeness (QED) is 0.726. The van der Waals surface area contributed by atoms with Crippen LogP contribution in [0.5, 0.6) is 0 Å². The van der Waals surface area contributed by atoms with E-state index < -0.39 is 11.3 Å². The van der Waals surface area contributed by atoms with Crippen molar-refractivity contribution in [3.05, 3.63) is 71.5 Å². The molecule has 2 N–H and O–H groups in total. The van der Waals surface area contributed by atoms with Gasteiger partial charge in [-0.3, -0.25) is 14.4 Å². The number of benzene rings is 2. The zero-order valence-corrected chi connectivity index (χ0v) is 18.4. The van der Waals surface area contributed by atoms with Gasteiger partial charge in [0.1, 0.15) is 11.9 Å². The lowest BCUT2D eigenvalue weighted by molar-refractivity contribution is -0.129. The Hall–Kier alpha value is -2.87. The second-order valence-corrected chi connectivity index (χ2v) is 9.36. The summed E-state index contributed by atoms with van der Waals surface area (Å²) < 4.78 is 13.9. The normalized spacial score (nSPS) is 21.7. The zero-order chi connectivity index (χ0) is 22.5. The minimum atomic E-state index is -0.603. The van der Waals surface area contributed by atoms with Crippen molar-refractivity contribution in [2.75, 3.05) is 18.8 Å². The lowest BCUT2D eigenvalue weighted by Crippen LogP contribution is -2.57. The van der Waals surface area contributed by atoms with Crippen molar-refractivity contribution in [2.24, 2.45) is 0 Å². The maximum Gasteiger partial charge on any atom is 0.253 e. The molecule has 4 rings (SSSR count). The zero-order valence-electron chi connectivity index (χ0n) is 17.6. The third-order valence-electron chi connectivity index (χ3n) is 5.90. The summed E-state index contributed by atoms with van der Waals surface area (Å²) in [6.07, 6.45) is 1.65. The Balaban J connectivity index is 1.23. The van der Waals surface area contributed by atoms with Crippen molar-refractivity contribution < 1.29 is 18.8 Å². The molecule has 2 atom stereocenters. The molecule has 0 spiro atoms. The fourth-order valence-electron chi connectivity index (χ4n) is 4.04. The Kier molecular flexibility index (Phi) is 7.09. The van der Waals surface area contributed by atoms with E-state index in [1.807, 2.05) is 23.1 Å². The number of amides is 3. The molecule has 0 unspecified atom stereocenters. The van der Waals surface area contributed by atoms with Gasteiger partial charge in [-0.15, -0.1) is 11.8 Å². The van der Waals surface area contributed by atoms with Crippen LogP contribution in [0.1, 0.15) is 28.8 Å². The molecule has 0 aromatic heterocycles. The Morgan fingerprint density at radius 3 is 2.44 bits per heavy atom. The van der Waals surface area contributed by atoms with E-state index in [2.05, 4.69) is 10.6 Å². The fourth-order valence-corrected chi connectivity index (χ4v) is 5.22. The summed E-state index contributed by atoms with van der Waals surface area (Å²) in [7, 11) is 0. The molecule has 2 fully saturated rings. The number of hydrogen-bond acceptors (Lipinski definition) is 4. The summed E-state index contributed by atoms with van der Waals surface area (Å²) in [4.78, 5) is 39.5. The van der Waals surface area contributed by atoms with Crippen molar-refractivity contribution in [1.82, 2.24) is 15.5 Å². The molecule has 2 aliphatic rings. The number of piperidine rings is 1. The van der Waals surface area contributed by atoms with Crippen molar-refractivity contribution >= 4 is 29.5 Å². The van der Waals surface area contributed by atoms with E-state index in [9.17, 15) is 18.8 Å². The lowest BCUT2D eigenvalue weighted by atomic mass is 10.0. The first-order valence-electron chi connectivity index (χ1n) is 10.8. The molecule has 2 saturated heterocycles. The Morgan fingerprint density at radius 1 is 1.06 bits per heavy atom. The number of thioether (sulfide) groups is 1. The number of rotatable bonds is 5. The predicted octanol–water partition coefficient (Wildman–Crippen LogP) is 2.39. The maximum absolute atomic E-state index is 13.9. The Bertz CT molecular complexity index is 979. The van der Waals surface area contributed by atoms with E-state index in [-0.39, 0.29) is 29.6 Å². The van der Waals surface area contributed by atoms with Crippen LogP contribution in [0, 0.1) is 5.82 Å². The van der Waals surface area contributed by atoms with E-state index in [0.29, 0.717) is 49.2 Å². The third kappa shape index (κ3) is 5.30. The molecule has 0 aliphatic carbocycles. The summed E-state index contributed by atoms with van der Waals surface area (Å²) in [6, 6.07) is 15.0. The van der Waals surface area contributed by atoms with E-state index in [1.165, 1.54) is 17.8 Å². The van der Waals surface area contributed by atoms with Crippen molar-refractivity contribution in [2.45, 2.75) is 36.6 Å². The van der Waals surface area contributed by atoms with Gasteiger partial charge in [0.15, 0.2) is 0 Å². The van der Waals surface area contributed by atoms with Crippen LogP contribution in [0.25, 0.3) is 0 Å². The van der Waals surface area contributed by atoms with Gasteiger partial charge in [-0.05, 0) is 43.0 Å². The molecule has 2 aromatic carbocycles. The molecule has 3 amide bonds. The van der Waals surface area contributed by atoms with Gasteiger partial charge in [-0.2, -0.15) is 0 Å². The van der Waals surface area contributed by atoms with E-state index in [4.69, 9.17) is 0 Å². The van der Waals surface area contributed by atoms with E-state index in [0.717, 1.165) is 0 Å². The Labute approximate surface area is 190 Å². The van der Waals surface area contributed by atoms with Crippen LogP contribution in [0.2, 0.25) is 0 Å². The summed E-state index contributed by atoms with van der Waals surface area (Å²) in [6.45, 7) is 1.16. The van der Waals surface area contributed by atoms with Crippen molar-refractivity contribution in [3.8, 4) is 0 Å². The molecule has 2 heterocycles. The van der Waals surface area contributed by atoms with Crippen LogP contribution in [-0.2, 0) is 16.0 Å². The Morgan fingerprint density at radius 2 is 1.75 bits per heavy atom. The maximum atomic E-state index is 13.9. The molecule has 2 aliphatic heterocycles. The molecular weight excluding hydrogens is 429 g/mol. The first-order valence-corrected chi connectivity index (χ1v) is 11.9. The van der Waals surface area contributed by atoms with Crippen LogP contribution < -0.4 is 10.6 Å². The second kappa shape index (κ2) is 10.2. The number of hydrogen-bond donors (Lipinski definition) is 2. The van der Waals surface area contributed by atoms with E-state index >= 15 is 0 Å². The highest BCUT2D eigenvalue weighted by atomic mass is 32.2. The minimum absolute atomic E-state index is 0.00668. The van der Waals surface area contributed by atoms with Gasteiger partial charge in [-0.25, -0.2) is 4.39 Å². The monoisotopic (exact) mass is 455 g/mol. The van der Waals surface area contributed by atoms with Crippen LogP contribution in [0.3, 0.4) is 0 Å². The smallest absolute Gasteiger partial charge is 0.253 e. The van der Waals surface area contributed by atoms with Crippen LogP contribution in [0.15, 0.2) is 54.6 Å². The lowest BCUT2D eigenvalue weighted by Gasteiger charge is -2.34. The van der Waals surface area contributed by atoms with Crippen LogP contribution in [0.4, 0.5) is 4.39 Å². The topological polar surface area (TPSA) is 78.5 Å². The standard InChI is InChI=1S/C24H26FN3O3S/c25-19-9-5-4-8-17(19)14-21-23(30)27-20(15-32-21)22(29)26-18-10-12-28(13-11-18)24(31)16-6-2-1-3-7-16/h1-9,18,20-21H,10-15H2,(H,26,29)(H,27,30)/t20-,21+/m1/s1. The third-order valence-corrected chi connectivity index (χ3v) is 7.21. The second-order valence-electron chi connectivity index (χ2n) is 8.12. The SMILES string of the molecule is O=C1N[C@@H](C(=O)NC2CCN(C(=O)c3ccccc3)CC2)CS[C@H]1Cc1ccccc1F. The molecule has 6 nitrogen and oxygen atoms in total. The number of nitrogens with one attached hydrogen (secondary N) is 2. The van der Waals surface area contributed by atoms with Gasteiger partial charge < -0.3 is 15.5 Å². The largest absolute Gasteiger partial charge is 0.351 e. The molecule has 32 heavy (non-hydrogen) atoms. The van der Waals surface area contributed by atoms with Gasteiger partial charge in [0.05, 0.1) is 5.25 Å². The molecule has 168 valence electrons. The minimum Gasteiger partial charge on any atom is -0.351 e. The predicted molar refractivity (Wildman–Crippen MR) is 122 cm³/mol. The highest BCUT2D eigenvalue weighted by molar-refractivity contribution is 8.00. The van der Waals surface area contributed by atoms with Gasteiger partial charge >= 0.3 is 0 Å².